The molecule has 1 N–H and O–H groups in total. The first-order valence-electron chi connectivity index (χ1n) is 9.29. The summed E-state index contributed by atoms with van der Waals surface area (Å²) in [4.78, 5) is 28.0. The molecule has 0 atom stereocenters. The lowest BCUT2D eigenvalue weighted by Crippen LogP contribution is -2.41. The van der Waals surface area contributed by atoms with Crippen molar-refractivity contribution in [3.05, 3.63) is 52.1 Å². The number of amides is 1. The molecule has 0 aliphatic heterocycles. The second-order valence-corrected chi connectivity index (χ2v) is 8.05. The lowest BCUT2D eigenvalue weighted by atomic mass is 9.90. The third-order valence-electron chi connectivity index (χ3n) is 4.83. The fourth-order valence-electron chi connectivity index (χ4n) is 3.64. The van der Waals surface area contributed by atoms with Crippen LogP contribution in [-0.4, -0.2) is 22.3 Å². The number of carbonyl (C=O) groups is 1. The van der Waals surface area contributed by atoms with Crippen LogP contribution >= 0.6 is 0 Å². The summed E-state index contributed by atoms with van der Waals surface area (Å²) in [5.74, 6) is 0. The number of alkyl carbamates (subject to hydrolysis) is 1. The molecule has 1 aromatic carbocycles. The Morgan fingerprint density at radius 2 is 1.85 bits per heavy atom. The minimum atomic E-state index is -0.516. The summed E-state index contributed by atoms with van der Waals surface area (Å²) < 4.78 is 7.13. The number of nitrogens with zero attached hydrogens (tertiary/aromatic N) is 2. The molecule has 27 heavy (non-hydrogen) atoms. The minimum absolute atomic E-state index is 0.0480. The second-order valence-electron chi connectivity index (χ2n) is 8.05. The van der Waals surface area contributed by atoms with Crippen molar-refractivity contribution in [1.82, 2.24) is 9.88 Å². The van der Waals surface area contributed by atoms with E-state index in [2.05, 4.69) is 10.2 Å². The Bertz CT molecular complexity index is 942. The first-order valence-corrected chi connectivity index (χ1v) is 9.29. The third-order valence-corrected chi connectivity index (χ3v) is 4.83. The number of hydrogen-bond acceptors (Lipinski definition) is 3. The van der Waals surface area contributed by atoms with Gasteiger partial charge in [0, 0.05) is 23.7 Å². The molecule has 0 radical (unpaired) electrons. The van der Waals surface area contributed by atoms with Gasteiger partial charge in [-0.1, -0.05) is 12.1 Å². The van der Waals surface area contributed by atoms with Crippen LogP contribution in [0.3, 0.4) is 0 Å². The van der Waals surface area contributed by atoms with E-state index >= 15 is 0 Å². The number of fused-ring (bicyclic) bond motifs is 1. The molecule has 1 aromatic heterocycles. The van der Waals surface area contributed by atoms with Gasteiger partial charge < -0.3 is 14.6 Å². The lowest BCUT2D eigenvalue weighted by molar-refractivity contribution is 0.0488. The SMILES string of the molecule is [C-]#[N+]c1ccc2ccc(=O)n(C3CCC(NC(=O)OC(C)(C)C)CC3)c2c1. The number of ether oxygens (including phenoxy) is 1. The van der Waals surface area contributed by atoms with Crippen LogP contribution in [0.25, 0.3) is 15.7 Å². The normalized spacial score (nSPS) is 20.1. The van der Waals surface area contributed by atoms with Crippen molar-refractivity contribution in [3.63, 3.8) is 0 Å². The maximum atomic E-state index is 12.5. The summed E-state index contributed by atoms with van der Waals surface area (Å²) in [5, 5.41) is 3.88. The summed E-state index contributed by atoms with van der Waals surface area (Å²) >= 11 is 0. The van der Waals surface area contributed by atoms with Gasteiger partial charge in [-0.25, -0.2) is 9.64 Å². The van der Waals surface area contributed by atoms with Crippen LogP contribution in [0.2, 0.25) is 0 Å². The molecule has 0 unspecified atom stereocenters. The van der Waals surface area contributed by atoms with Crippen molar-refractivity contribution < 1.29 is 9.53 Å². The molecule has 0 saturated heterocycles. The van der Waals surface area contributed by atoms with Crippen molar-refractivity contribution >= 4 is 22.7 Å². The van der Waals surface area contributed by atoms with Gasteiger partial charge in [0.15, 0.2) is 5.69 Å². The van der Waals surface area contributed by atoms with Crippen LogP contribution in [0.1, 0.15) is 52.5 Å². The highest BCUT2D eigenvalue weighted by Crippen LogP contribution is 2.31. The topological polar surface area (TPSA) is 64.7 Å². The number of rotatable bonds is 2. The zero-order chi connectivity index (χ0) is 19.6. The molecule has 0 bridgehead atoms. The first-order chi connectivity index (χ1) is 12.8. The fraction of sp³-hybridized carbons (Fsp3) is 0.476. The maximum absolute atomic E-state index is 12.5. The number of nitrogens with one attached hydrogen (secondary N) is 1. The van der Waals surface area contributed by atoms with E-state index in [1.54, 1.807) is 24.3 Å². The van der Waals surface area contributed by atoms with Crippen molar-refractivity contribution in [2.75, 3.05) is 0 Å². The lowest BCUT2D eigenvalue weighted by Gasteiger charge is -2.31. The van der Waals surface area contributed by atoms with Gasteiger partial charge in [0.05, 0.1) is 6.57 Å². The van der Waals surface area contributed by atoms with Gasteiger partial charge >= 0.3 is 6.09 Å². The van der Waals surface area contributed by atoms with Gasteiger partial charge in [0.1, 0.15) is 5.60 Å². The van der Waals surface area contributed by atoms with Gasteiger partial charge in [0.25, 0.3) is 5.56 Å². The Kier molecular flexibility index (Phi) is 5.22. The summed E-state index contributed by atoms with van der Waals surface area (Å²) in [6, 6.07) is 8.96. The Labute approximate surface area is 159 Å². The Morgan fingerprint density at radius 1 is 1.19 bits per heavy atom. The van der Waals surface area contributed by atoms with Crippen molar-refractivity contribution in [1.29, 1.82) is 0 Å². The van der Waals surface area contributed by atoms with E-state index < -0.39 is 11.7 Å². The average Bonchev–Trinajstić information content (AvgIpc) is 2.60. The molecule has 1 aliphatic carbocycles. The predicted molar refractivity (Wildman–Crippen MR) is 105 cm³/mol. The molecule has 6 nitrogen and oxygen atoms in total. The first kappa shape index (κ1) is 19.0. The zero-order valence-electron chi connectivity index (χ0n) is 16.0. The average molecular weight is 367 g/mol. The standard InChI is InChI=1S/C21H25N3O3/c1-21(2,3)27-20(26)23-15-8-10-17(11-9-15)24-18-13-16(22-4)7-5-14(18)6-12-19(24)25/h5-7,12-13,15,17H,8-11H2,1-3H3,(H,23,26). The Balaban J connectivity index is 1.75. The summed E-state index contributed by atoms with van der Waals surface area (Å²) in [7, 11) is 0. The second kappa shape index (κ2) is 7.43. The quantitative estimate of drug-likeness (QED) is 0.791. The highest BCUT2D eigenvalue weighted by atomic mass is 16.6. The molecule has 1 amide bonds. The molecular formula is C21H25N3O3. The monoisotopic (exact) mass is 367 g/mol. The van der Waals surface area contributed by atoms with E-state index in [0.717, 1.165) is 36.6 Å². The highest BCUT2D eigenvalue weighted by molar-refractivity contribution is 5.83. The fourth-order valence-corrected chi connectivity index (χ4v) is 3.64. The smallest absolute Gasteiger partial charge is 0.407 e. The van der Waals surface area contributed by atoms with Gasteiger partial charge in [-0.15, -0.1) is 0 Å². The molecule has 1 saturated carbocycles. The molecular weight excluding hydrogens is 342 g/mol. The number of aromatic nitrogens is 1. The van der Waals surface area contributed by atoms with E-state index in [-0.39, 0.29) is 17.6 Å². The van der Waals surface area contributed by atoms with Crippen LogP contribution < -0.4 is 10.9 Å². The maximum Gasteiger partial charge on any atom is 0.407 e. The minimum Gasteiger partial charge on any atom is -0.444 e. The summed E-state index contributed by atoms with van der Waals surface area (Å²) in [6.45, 7) is 12.8. The predicted octanol–water partition coefficient (Wildman–Crippen LogP) is 4.56. The summed E-state index contributed by atoms with van der Waals surface area (Å²) in [5.41, 5.74) is 0.771. The molecule has 2 aromatic rings. The largest absolute Gasteiger partial charge is 0.444 e. The molecule has 142 valence electrons. The van der Waals surface area contributed by atoms with Crippen LogP contribution in [0.5, 0.6) is 0 Å². The molecule has 1 aliphatic rings. The number of pyridine rings is 1. The third kappa shape index (κ3) is 4.48. The number of benzene rings is 1. The molecule has 0 spiro atoms. The summed E-state index contributed by atoms with van der Waals surface area (Å²) in [6.07, 6.45) is 2.77. The Hall–Kier alpha value is -2.81. The van der Waals surface area contributed by atoms with Gasteiger partial charge in [-0.2, -0.15) is 0 Å². The highest BCUT2D eigenvalue weighted by Gasteiger charge is 2.26. The molecule has 6 heteroatoms. The zero-order valence-corrected chi connectivity index (χ0v) is 16.0. The molecule has 1 fully saturated rings. The van der Waals surface area contributed by atoms with Crippen LogP contribution in [0.4, 0.5) is 10.5 Å². The van der Waals surface area contributed by atoms with E-state index in [9.17, 15) is 9.59 Å². The molecule has 3 rings (SSSR count). The van der Waals surface area contributed by atoms with E-state index in [1.807, 2.05) is 31.4 Å². The van der Waals surface area contributed by atoms with E-state index in [4.69, 9.17) is 11.3 Å². The van der Waals surface area contributed by atoms with Gasteiger partial charge in [0.2, 0.25) is 0 Å². The van der Waals surface area contributed by atoms with Crippen LogP contribution in [0.15, 0.2) is 35.1 Å². The number of carbonyl (C=O) groups excluding carboxylic acids is 1. The van der Waals surface area contributed by atoms with Crippen molar-refractivity contribution in [3.8, 4) is 0 Å². The van der Waals surface area contributed by atoms with Crippen LogP contribution in [0, 0.1) is 6.57 Å². The Morgan fingerprint density at radius 3 is 2.48 bits per heavy atom. The van der Waals surface area contributed by atoms with Crippen LogP contribution in [-0.2, 0) is 4.74 Å². The van der Waals surface area contributed by atoms with E-state index in [0.29, 0.717) is 5.69 Å². The molecule has 1 heterocycles. The van der Waals surface area contributed by atoms with E-state index in [1.165, 1.54) is 0 Å². The number of hydrogen-bond donors (Lipinski definition) is 1. The van der Waals surface area contributed by atoms with Crippen molar-refractivity contribution in [2.45, 2.75) is 64.1 Å². The van der Waals surface area contributed by atoms with Crippen molar-refractivity contribution in [2.24, 2.45) is 0 Å². The van der Waals surface area contributed by atoms with Gasteiger partial charge in [-0.3, -0.25) is 4.79 Å². The van der Waals surface area contributed by atoms with Gasteiger partial charge in [-0.05, 0) is 64.0 Å².